The second-order valence-corrected chi connectivity index (χ2v) is 10.3. The summed E-state index contributed by atoms with van der Waals surface area (Å²) in [6.45, 7) is 4.16. The lowest BCUT2D eigenvalue weighted by molar-refractivity contribution is -0.126. The third-order valence-electron chi connectivity index (χ3n) is 6.84. The summed E-state index contributed by atoms with van der Waals surface area (Å²) in [4.78, 5) is 46.1. The fourth-order valence-electron chi connectivity index (χ4n) is 4.77. The van der Waals surface area contributed by atoms with Gasteiger partial charge in [-0.3, -0.25) is 9.59 Å². The Morgan fingerprint density at radius 1 is 1.31 bits per heavy atom. The highest BCUT2D eigenvalue weighted by Gasteiger charge is 2.35. The summed E-state index contributed by atoms with van der Waals surface area (Å²) in [6.07, 6.45) is 6.57. The van der Waals surface area contributed by atoms with Gasteiger partial charge in [0.15, 0.2) is 5.50 Å². The molecule has 2 saturated heterocycles. The molecule has 2 aromatic heterocycles. The second kappa shape index (κ2) is 9.54. The van der Waals surface area contributed by atoms with E-state index in [1.165, 1.54) is 18.0 Å². The maximum absolute atomic E-state index is 13.0. The van der Waals surface area contributed by atoms with E-state index in [9.17, 15) is 19.5 Å². The number of hydrogen-bond acceptors (Lipinski definition) is 8. The first-order chi connectivity index (χ1) is 16.8. The normalized spacial score (nSPS) is 22.5. The van der Waals surface area contributed by atoms with Crippen LogP contribution in [0.5, 0.6) is 0 Å². The molecule has 2 N–H and O–H groups in total. The van der Waals surface area contributed by atoms with E-state index in [1.807, 2.05) is 28.5 Å². The molecule has 0 spiro atoms. The monoisotopic (exact) mass is 499 g/mol. The highest BCUT2D eigenvalue weighted by atomic mass is 32.2. The summed E-state index contributed by atoms with van der Waals surface area (Å²) in [5.41, 5.74) is 0.0249. The largest absolute Gasteiger partial charge is 0.477 e. The summed E-state index contributed by atoms with van der Waals surface area (Å²) in [5, 5.41) is 14.9. The first-order valence-electron chi connectivity index (χ1n) is 11.8. The lowest BCUT2D eigenvalue weighted by Crippen LogP contribution is -2.55. The molecular weight excluding hydrogens is 470 g/mol. The van der Waals surface area contributed by atoms with E-state index in [1.54, 1.807) is 17.6 Å². The van der Waals surface area contributed by atoms with E-state index < -0.39 is 11.4 Å². The lowest BCUT2D eigenvalue weighted by atomic mass is 9.98. The Bertz CT molecular complexity index is 1250. The number of pyridine rings is 2. The Labute approximate surface area is 206 Å². The molecule has 5 rings (SSSR count). The molecule has 2 aromatic rings. The minimum absolute atomic E-state index is 0.0194. The third-order valence-corrected chi connectivity index (χ3v) is 7.92. The number of thioether (sulfide) groups is 1. The summed E-state index contributed by atoms with van der Waals surface area (Å²) in [5.74, 6) is -0.702. The van der Waals surface area contributed by atoms with Crippen LogP contribution >= 0.6 is 11.8 Å². The fraction of sp³-hybridized carbons (Fsp3) is 0.500. The molecule has 11 heteroatoms. The number of aryl methyl sites for hydroxylation is 1. The Kier molecular flexibility index (Phi) is 6.45. The van der Waals surface area contributed by atoms with Crippen molar-refractivity contribution in [3.8, 4) is 0 Å². The Hall–Kier alpha value is -3.05. The number of nitrogens with one attached hydrogen (secondary N) is 1. The smallest absolute Gasteiger partial charge is 0.341 e. The first-order valence-corrected chi connectivity index (χ1v) is 12.8. The second-order valence-electron chi connectivity index (χ2n) is 9.33. The van der Waals surface area contributed by atoms with E-state index in [0.717, 1.165) is 25.9 Å². The van der Waals surface area contributed by atoms with Crippen molar-refractivity contribution in [2.24, 2.45) is 5.92 Å². The topological polar surface area (TPSA) is 117 Å². The van der Waals surface area contributed by atoms with Gasteiger partial charge in [0.25, 0.3) is 0 Å². The quantitative estimate of drug-likeness (QED) is 0.616. The number of aromatic carboxylic acids is 1. The molecule has 10 nitrogen and oxygen atoms in total. The Balaban J connectivity index is 1.38. The molecule has 1 amide bonds. The fourth-order valence-corrected chi connectivity index (χ4v) is 5.73. The van der Waals surface area contributed by atoms with Crippen LogP contribution in [0.25, 0.3) is 11.0 Å². The van der Waals surface area contributed by atoms with Crippen LogP contribution in [0.1, 0.15) is 40.7 Å². The predicted molar refractivity (Wildman–Crippen MR) is 134 cm³/mol. The molecule has 2 atom stereocenters. The molecular formula is C24H29N5O5S. The molecule has 5 heterocycles. The van der Waals surface area contributed by atoms with Crippen LogP contribution < -0.4 is 15.6 Å². The number of carboxylic acids is 1. The van der Waals surface area contributed by atoms with E-state index in [4.69, 9.17) is 9.72 Å². The first kappa shape index (κ1) is 23.7. The highest BCUT2D eigenvalue weighted by Crippen LogP contribution is 2.36. The van der Waals surface area contributed by atoms with Crippen LogP contribution in [0.4, 0.5) is 5.82 Å². The third kappa shape index (κ3) is 4.50. The van der Waals surface area contributed by atoms with Gasteiger partial charge in [-0.05, 0) is 43.2 Å². The van der Waals surface area contributed by atoms with Gasteiger partial charge in [0, 0.05) is 45.7 Å². The minimum atomic E-state index is -1.26. The average molecular weight is 500 g/mol. The number of carboxylic acid groups (broad SMARTS) is 1. The molecule has 0 saturated carbocycles. The number of ether oxygens (including phenoxy) is 1. The van der Waals surface area contributed by atoms with Gasteiger partial charge in [-0.2, -0.15) is 0 Å². The molecule has 0 radical (unpaired) electrons. The van der Waals surface area contributed by atoms with Crippen molar-refractivity contribution < 1.29 is 19.4 Å². The summed E-state index contributed by atoms with van der Waals surface area (Å²) in [6, 6.07) is 1.80. The Morgan fingerprint density at radius 2 is 2.11 bits per heavy atom. The summed E-state index contributed by atoms with van der Waals surface area (Å²) in [7, 11) is 1.89. The van der Waals surface area contributed by atoms with Crippen LogP contribution in [-0.2, 0) is 9.53 Å². The maximum Gasteiger partial charge on any atom is 0.341 e. The van der Waals surface area contributed by atoms with Crippen LogP contribution in [0.15, 0.2) is 28.7 Å². The lowest BCUT2D eigenvalue weighted by Gasteiger charge is -2.39. The number of nitrogens with zero attached hydrogens (tertiary/aromatic N) is 4. The van der Waals surface area contributed by atoms with Crippen LogP contribution in [0, 0.1) is 12.8 Å². The van der Waals surface area contributed by atoms with Gasteiger partial charge < -0.3 is 29.5 Å². The van der Waals surface area contributed by atoms with Crippen molar-refractivity contribution in [1.82, 2.24) is 19.8 Å². The highest BCUT2D eigenvalue weighted by molar-refractivity contribution is 8.02. The van der Waals surface area contributed by atoms with Gasteiger partial charge in [0.1, 0.15) is 17.0 Å². The number of rotatable bonds is 6. The molecule has 3 aliphatic rings. The zero-order valence-electron chi connectivity index (χ0n) is 19.8. The molecule has 3 aliphatic heterocycles. The number of carbonyl (C=O) groups excluding carboxylic acids is 1. The van der Waals surface area contributed by atoms with E-state index in [-0.39, 0.29) is 29.0 Å². The minimum Gasteiger partial charge on any atom is -0.477 e. The summed E-state index contributed by atoms with van der Waals surface area (Å²) < 4.78 is 7.43. The Morgan fingerprint density at radius 3 is 2.77 bits per heavy atom. The number of amides is 1. The molecule has 0 aliphatic carbocycles. The zero-order valence-corrected chi connectivity index (χ0v) is 20.6. The van der Waals surface area contributed by atoms with E-state index in [0.29, 0.717) is 42.0 Å². The van der Waals surface area contributed by atoms with Gasteiger partial charge >= 0.3 is 5.97 Å². The van der Waals surface area contributed by atoms with Crippen LogP contribution in [0.3, 0.4) is 0 Å². The van der Waals surface area contributed by atoms with Crippen LogP contribution in [-0.4, -0.2) is 70.8 Å². The van der Waals surface area contributed by atoms with Crippen LogP contribution in [0.2, 0.25) is 0 Å². The van der Waals surface area contributed by atoms with Crippen molar-refractivity contribution in [2.75, 3.05) is 38.2 Å². The van der Waals surface area contributed by atoms with Gasteiger partial charge in [-0.15, -0.1) is 0 Å². The van der Waals surface area contributed by atoms with Crippen molar-refractivity contribution in [2.45, 2.75) is 37.8 Å². The van der Waals surface area contributed by atoms with Crippen molar-refractivity contribution in [3.05, 3.63) is 45.2 Å². The molecule has 2 fully saturated rings. The van der Waals surface area contributed by atoms with E-state index >= 15 is 0 Å². The molecule has 186 valence electrons. The summed E-state index contributed by atoms with van der Waals surface area (Å²) >= 11 is 1.50. The molecule has 1 unspecified atom stereocenters. The predicted octanol–water partition coefficient (Wildman–Crippen LogP) is 2.13. The van der Waals surface area contributed by atoms with E-state index in [2.05, 4.69) is 5.32 Å². The number of carbonyl (C=O) groups is 2. The molecule has 0 bridgehead atoms. The molecule has 35 heavy (non-hydrogen) atoms. The van der Waals surface area contributed by atoms with Gasteiger partial charge in [-0.25, -0.2) is 9.78 Å². The zero-order chi connectivity index (χ0) is 24.7. The standard InChI is InChI=1S/C24H29N5O5S/c1-14-9-18(28-11-15(12-28)22(31)25-10-16-5-3-4-7-34-16)26-21-19(14)20(30)17(23(32)33)13-29(21)24-27(2)6-8-35-24/h6,8-9,13,15-16,24H,3-5,7,10-12H2,1-2H3,(H,25,31)(H,32,33)/t16-,24?/m1/s1. The number of anilines is 1. The van der Waals surface area contributed by atoms with Gasteiger partial charge in [-0.1, -0.05) is 11.8 Å². The number of aromatic nitrogens is 2. The van der Waals surface area contributed by atoms with Gasteiger partial charge in [0.2, 0.25) is 11.3 Å². The number of fused-ring (bicyclic) bond motifs is 1. The van der Waals surface area contributed by atoms with Crippen molar-refractivity contribution >= 4 is 40.5 Å². The van der Waals surface area contributed by atoms with Crippen molar-refractivity contribution in [1.29, 1.82) is 0 Å². The van der Waals surface area contributed by atoms with Crippen molar-refractivity contribution in [3.63, 3.8) is 0 Å². The average Bonchev–Trinajstić information content (AvgIpc) is 3.22. The van der Waals surface area contributed by atoms with Gasteiger partial charge in [0.05, 0.1) is 17.4 Å². The number of hydrogen-bond donors (Lipinski definition) is 2. The SMILES string of the molecule is Cc1cc(N2CC(C(=O)NC[C@H]3CCCCO3)C2)nc2c1c(=O)c(C(=O)O)cn2C1SC=CN1C. The maximum atomic E-state index is 13.0. The molecule has 0 aromatic carbocycles.